The van der Waals surface area contributed by atoms with Gasteiger partial charge >= 0.3 is 0 Å². The molecule has 0 amide bonds. The minimum atomic E-state index is -0.0373. The van der Waals surface area contributed by atoms with E-state index in [2.05, 4.69) is 40.0 Å². The van der Waals surface area contributed by atoms with E-state index in [9.17, 15) is 4.39 Å². The Morgan fingerprint density at radius 3 is 2.62 bits per heavy atom. The summed E-state index contributed by atoms with van der Waals surface area (Å²) in [4.78, 5) is 2.45. The number of hydrogen-bond donors (Lipinski definition) is 1. The second-order valence-electron chi connectivity index (χ2n) is 6.12. The fourth-order valence-electron chi connectivity index (χ4n) is 3.40. The van der Waals surface area contributed by atoms with Crippen LogP contribution in [0.15, 0.2) is 16.6 Å². The summed E-state index contributed by atoms with van der Waals surface area (Å²) in [5, 5.41) is 3.38. The van der Waals surface area contributed by atoms with Crippen molar-refractivity contribution in [1.82, 2.24) is 10.2 Å². The van der Waals surface area contributed by atoms with Crippen LogP contribution in [0, 0.1) is 18.7 Å². The van der Waals surface area contributed by atoms with Gasteiger partial charge < -0.3 is 5.32 Å². The summed E-state index contributed by atoms with van der Waals surface area (Å²) in [6.07, 6.45) is 2.26. The van der Waals surface area contributed by atoms with Crippen molar-refractivity contribution in [1.29, 1.82) is 0 Å². The van der Waals surface area contributed by atoms with E-state index >= 15 is 0 Å². The van der Waals surface area contributed by atoms with E-state index in [1.807, 2.05) is 19.1 Å². The predicted octanol–water partition coefficient (Wildman–Crippen LogP) is 4.28. The maximum Gasteiger partial charge on any atom is 0.130 e. The molecule has 1 unspecified atom stereocenters. The summed E-state index contributed by atoms with van der Waals surface area (Å²) in [5.41, 5.74) is 1.58. The summed E-state index contributed by atoms with van der Waals surface area (Å²) < 4.78 is 15.7. The molecule has 2 nitrogen and oxygen atoms in total. The molecule has 0 bridgehead atoms. The Bertz CT molecular complexity index is 472. The van der Waals surface area contributed by atoms with E-state index in [0.29, 0.717) is 5.92 Å². The van der Waals surface area contributed by atoms with E-state index in [0.717, 1.165) is 54.6 Å². The maximum atomic E-state index is 14.7. The lowest BCUT2D eigenvalue weighted by Crippen LogP contribution is -2.46. The molecule has 21 heavy (non-hydrogen) atoms. The van der Waals surface area contributed by atoms with Crippen LogP contribution in [0.4, 0.5) is 4.39 Å². The van der Waals surface area contributed by atoms with Crippen molar-refractivity contribution >= 4 is 15.9 Å². The number of nitrogens with one attached hydrogen (secondary N) is 1. The highest BCUT2D eigenvalue weighted by molar-refractivity contribution is 9.10. The fraction of sp³-hybridized carbons (Fsp3) is 0.647. The molecule has 4 heteroatoms. The molecule has 2 atom stereocenters. The van der Waals surface area contributed by atoms with Gasteiger partial charge in [0.2, 0.25) is 0 Å². The average molecular weight is 357 g/mol. The molecule has 0 aliphatic carbocycles. The molecule has 1 N–H and O–H groups in total. The minimum Gasteiger partial charge on any atom is -0.314 e. The third-order valence-corrected chi connectivity index (χ3v) is 4.85. The predicted molar refractivity (Wildman–Crippen MR) is 90.1 cm³/mol. The van der Waals surface area contributed by atoms with Crippen LogP contribution in [-0.2, 0) is 0 Å². The molecule has 1 aliphatic rings. The molecule has 118 valence electrons. The van der Waals surface area contributed by atoms with Gasteiger partial charge in [-0.1, -0.05) is 36.2 Å². The van der Waals surface area contributed by atoms with Gasteiger partial charge in [-0.3, -0.25) is 4.90 Å². The van der Waals surface area contributed by atoms with Crippen molar-refractivity contribution in [3.8, 4) is 0 Å². The van der Waals surface area contributed by atoms with Crippen molar-refractivity contribution in [2.75, 3.05) is 26.2 Å². The molecule has 0 saturated carbocycles. The number of aryl methyl sites for hydroxylation is 1. The molecule has 1 saturated heterocycles. The molecule has 1 aliphatic heterocycles. The molecular weight excluding hydrogens is 331 g/mol. The molecule has 1 fully saturated rings. The van der Waals surface area contributed by atoms with Gasteiger partial charge in [-0.2, -0.15) is 0 Å². The first-order valence-corrected chi connectivity index (χ1v) is 8.74. The average Bonchev–Trinajstić information content (AvgIpc) is 2.46. The van der Waals surface area contributed by atoms with Crippen LogP contribution in [0.25, 0.3) is 0 Å². The van der Waals surface area contributed by atoms with E-state index in [4.69, 9.17) is 0 Å². The Balaban J connectivity index is 2.38. The summed E-state index contributed by atoms with van der Waals surface area (Å²) in [7, 11) is 0. The van der Waals surface area contributed by atoms with Gasteiger partial charge in [-0.15, -0.1) is 0 Å². The Morgan fingerprint density at radius 2 is 2.00 bits per heavy atom. The van der Waals surface area contributed by atoms with Crippen molar-refractivity contribution < 1.29 is 4.39 Å². The van der Waals surface area contributed by atoms with Crippen LogP contribution in [-0.4, -0.2) is 31.1 Å². The van der Waals surface area contributed by atoms with Gasteiger partial charge in [-0.25, -0.2) is 4.39 Å². The lowest BCUT2D eigenvalue weighted by atomic mass is 9.88. The quantitative estimate of drug-likeness (QED) is 0.846. The lowest BCUT2D eigenvalue weighted by Gasteiger charge is -2.39. The van der Waals surface area contributed by atoms with Crippen LogP contribution in [0.3, 0.4) is 0 Å². The van der Waals surface area contributed by atoms with Crippen LogP contribution >= 0.6 is 15.9 Å². The number of benzene rings is 1. The molecular formula is C17H26BrFN2. The van der Waals surface area contributed by atoms with E-state index in [1.165, 1.54) is 0 Å². The molecule has 2 rings (SSSR count). The van der Waals surface area contributed by atoms with E-state index < -0.39 is 0 Å². The zero-order valence-electron chi connectivity index (χ0n) is 13.3. The number of halogens is 2. The van der Waals surface area contributed by atoms with Crippen molar-refractivity contribution in [3.05, 3.63) is 33.5 Å². The number of rotatable bonds is 5. The van der Waals surface area contributed by atoms with Crippen LogP contribution in [0.2, 0.25) is 0 Å². The summed E-state index contributed by atoms with van der Waals surface area (Å²) >= 11 is 3.53. The van der Waals surface area contributed by atoms with E-state index in [-0.39, 0.29) is 11.9 Å². The number of piperazine rings is 1. The highest BCUT2D eigenvalue weighted by atomic mass is 79.9. The second-order valence-corrected chi connectivity index (χ2v) is 7.04. The summed E-state index contributed by atoms with van der Waals surface area (Å²) in [6, 6.07) is 4.00. The van der Waals surface area contributed by atoms with Gasteiger partial charge in [0.25, 0.3) is 0 Å². The van der Waals surface area contributed by atoms with Crippen LogP contribution < -0.4 is 5.32 Å². The fourth-order valence-corrected chi connectivity index (χ4v) is 3.99. The third-order valence-electron chi connectivity index (χ3n) is 4.39. The van der Waals surface area contributed by atoms with E-state index in [1.54, 1.807) is 0 Å². The zero-order chi connectivity index (χ0) is 15.4. The Morgan fingerprint density at radius 1 is 1.33 bits per heavy atom. The highest BCUT2D eigenvalue weighted by Gasteiger charge is 2.29. The second kappa shape index (κ2) is 7.70. The minimum absolute atomic E-state index is 0.0373. The highest BCUT2D eigenvalue weighted by Crippen LogP contribution is 2.35. The third kappa shape index (κ3) is 4.05. The molecule has 1 aromatic rings. The Labute approximate surface area is 136 Å². The van der Waals surface area contributed by atoms with Crippen molar-refractivity contribution in [2.24, 2.45) is 5.92 Å². The molecule has 0 aromatic heterocycles. The molecule has 1 aromatic carbocycles. The normalized spacial score (nSPS) is 19.5. The first kappa shape index (κ1) is 16.9. The topological polar surface area (TPSA) is 15.3 Å². The molecule has 0 radical (unpaired) electrons. The van der Waals surface area contributed by atoms with Gasteiger partial charge in [0.05, 0.1) is 0 Å². The summed E-state index contributed by atoms with van der Waals surface area (Å²) in [5.74, 6) is 0.418. The first-order valence-electron chi connectivity index (χ1n) is 7.95. The van der Waals surface area contributed by atoms with Gasteiger partial charge in [-0.05, 0) is 37.0 Å². The SMILES string of the molecule is CCCC(C)[C@H](c1cc(Br)cc(C)c1F)N1CCNCC1. The number of hydrogen-bond acceptors (Lipinski definition) is 2. The summed E-state index contributed by atoms with van der Waals surface area (Å²) in [6.45, 7) is 10.3. The zero-order valence-corrected chi connectivity index (χ0v) is 14.8. The largest absolute Gasteiger partial charge is 0.314 e. The molecule has 0 spiro atoms. The Hall–Kier alpha value is -0.450. The Kier molecular flexibility index (Phi) is 6.20. The number of nitrogens with zero attached hydrogens (tertiary/aromatic N) is 1. The maximum absolute atomic E-state index is 14.7. The monoisotopic (exact) mass is 356 g/mol. The lowest BCUT2D eigenvalue weighted by molar-refractivity contribution is 0.123. The van der Waals surface area contributed by atoms with Crippen LogP contribution in [0.5, 0.6) is 0 Å². The van der Waals surface area contributed by atoms with Gasteiger partial charge in [0.1, 0.15) is 5.82 Å². The van der Waals surface area contributed by atoms with Crippen molar-refractivity contribution in [2.45, 2.75) is 39.7 Å². The van der Waals surface area contributed by atoms with Crippen molar-refractivity contribution in [3.63, 3.8) is 0 Å². The van der Waals surface area contributed by atoms with Gasteiger partial charge in [0, 0.05) is 42.3 Å². The van der Waals surface area contributed by atoms with Gasteiger partial charge in [0.15, 0.2) is 0 Å². The first-order chi connectivity index (χ1) is 10.0. The standard InChI is InChI=1S/C17H26BrFN2/c1-4-5-12(2)17(21-8-6-20-7-9-21)15-11-14(18)10-13(3)16(15)19/h10-12,17,20H,4-9H2,1-3H3/t12?,17-/m1/s1. The smallest absolute Gasteiger partial charge is 0.130 e. The van der Waals surface area contributed by atoms with Crippen LogP contribution in [0.1, 0.15) is 43.9 Å². The molecule has 1 heterocycles.